The van der Waals surface area contributed by atoms with Crippen molar-refractivity contribution >= 4 is 17.7 Å². The molecule has 0 fully saturated rings. The van der Waals surface area contributed by atoms with Crippen molar-refractivity contribution in [3.05, 3.63) is 60.3 Å². The smallest absolute Gasteiger partial charge is 0.407 e. The summed E-state index contributed by atoms with van der Waals surface area (Å²) < 4.78 is 17.7. The van der Waals surface area contributed by atoms with Crippen LogP contribution in [-0.4, -0.2) is 48.6 Å². The van der Waals surface area contributed by atoms with Gasteiger partial charge in [-0.3, -0.25) is 9.48 Å². The topological polar surface area (TPSA) is 104 Å². The molecule has 1 heterocycles. The van der Waals surface area contributed by atoms with Gasteiger partial charge in [0.25, 0.3) is 5.91 Å². The quantitative estimate of drug-likeness (QED) is 0.496. The number of nitrogens with zero attached hydrogens (tertiary/aromatic N) is 2. The lowest BCUT2D eigenvalue weighted by atomic mass is 10.1. The molecule has 2 N–H and O–H groups in total. The summed E-state index contributed by atoms with van der Waals surface area (Å²) >= 11 is 0. The molecule has 0 unspecified atom stereocenters. The van der Waals surface area contributed by atoms with Gasteiger partial charge in [0, 0.05) is 18.8 Å². The van der Waals surface area contributed by atoms with Crippen LogP contribution in [0, 0.1) is 0 Å². The van der Waals surface area contributed by atoms with Crippen molar-refractivity contribution in [1.82, 2.24) is 15.1 Å². The third-order valence-electron chi connectivity index (χ3n) is 4.59. The lowest BCUT2D eigenvalue weighted by Gasteiger charge is -2.17. The molecule has 0 radical (unpaired) electrons. The molecule has 32 heavy (non-hydrogen) atoms. The number of carbonyl (C=O) groups is 2. The summed E-state index contributed by atoms with van der Waals surface area (Å²) in [4.78, 5) is 24.4. The predicted octanol–water partition coefficient (Wildman–Crippen LogP) is 3.47. The van der Waals surface area contributed by atoms with Crippen molar-refractivity contribution in [3.63, 3.8) is 0 Å². The Hall–Kier alpha value is -4.01. The number of aryl methyl sites for hydroxylation is 1. The number of amides is 2. The van der Waals surface area contributed by atoms with E-state index in [2.05, 4.69) is 15.7 Å². The van der Waals surface area contributed by atoms with Crippen LogP contribution in [0.25, 0.3) is 11.3 Å². The van der Waals surface area contributed by atoms with E-state index < -0.39 is 6.09 Å². The van der Waals surface area contributed by atoms with E-state index in [1.807, 2.05) is 13.1 Å². The Morgan fingerprint density at radius 1 is 1.12 bits per heavy atom. The van der Waals surface area contributed by atoms with Crippen molar-refractivity contribution in [2.45, 2.75) is 6.92 Å². The van der Waals surface area contributed by atoms with Crippen molar-refractivity contribution in [2.75, 3.05) is 32.2 Å². The SMILES string of the molecule is CCOC(=O)NCCOc1cccc(NC(=O)c2cccc(OC)c2)c1-c1ccnn1C. The van der Waals surface area contributed by atoms with Crippen LogP contribution >= 0.6 is 0 Å². The third kappa shape index (κ3) is 5.57. The largest absolute Gasteiger partial charge is 0.497 e. The van der Waals surface area contributed by atoms with E-state index >= 15 is 0 Å². The Bertz CT molecular complexity index is 1080. The molecule has 0 aliphatic heterocycles. The predicted molar refractivity (Wildman–Crippen MR) is 120 cm³/mol. The lowest BCUT2D eigenvalue weighted by Crippen LogP contribution is -2.28. The third-order valence-corrected chi connectivity index (χ3v) is 4.59. The highest BCUT2D eigenvalue weighted by Crippen LogP contribution is 2.37. The maximum atomic E-state index is 12.9. The van der Waals surface area contributed by atoms with Crippen molar-refractivity contribution in [3.8, 4) is 22.8 Å². The molecule has 0 bridgehead atoms. The van der Waals surface area contributed by atoms with E-state index in [-0.39, 0.29) is 19.1 Å². The van der Waals surface area contributed by atoms with Gasteiger partial charge in [-0.2, -0.15) is 5.10 Å². The summed E-state index contributed by atoms with van der Waals surface area (Å²) in [6, 6.07) is 14.1. The highest BCUT2D eigenvalue weighted by molar-refractivity contribution is 6.06. The highest BCUT2D eigenvalue weighted by Gasteiger charge is 2.18. The zero-order chi connectivity index (χ0) is 22.9. The first kappa shape index (κ1) is 22.7. The normalized spacial score (nSPS) is 10.3. The minimum absolute atomic E-state index is 0.219. The Balaban J connectivity index is 1.84. The zero-order valence-electron chi connectivity index (χ0n) is 18.3. The van der Waals surface area contributed by atoms with Crippen molar-refractivity contribution < 1.29 is 23.8 Å². The molecule has 9 heteroatoms. The summed E-state index contributed by atoms with van der Waals surface area (Å²) in [5.74, 6) is 0.854. The fraction of sp³-hybridized carbons (Fsp3) is 0.261. The maximum Gasteiger partial charge on any atom is 0.407 e. The van der Waals surface area contributed by atoms with Gasteiger partial charge < -0.3 is 24.8 Å². The van der Waals surface area contributed by atoms with E-state index in [0.29, 0.717) is 34.9 Å². The second kappa shape index (κ2) is 10.9. The van der Waals surface area contributed by atoms with Gasteiger partial charge in [-0.1, -0.05) is 12.1 Å². The first-order valence-corrected chi connectivity index (χ1v) is 10.1. The summed E-state index contributed by atoms with van der Waals surface area (Å²) in [5, 5.41) is 9.80. The number of aromatic nitrogens is 2. The first-order chi connectivity index (χ1) is 15.5. The number of hydrogen-bond acceptors (Lipinski definition) is 6. The van der Waals surface area contributed by atoms with Crippen molar-refractivity contribution in [2.24, 2.45) is 7.05 Å². The van der Waals surface area contributed by atoms with Crippen molar-refractivity contribution in [1.29, 1.82) is 0 Å². The zero-order valence-corrected chi connectivity index (χ0v) is 18.3. The van der Waals surface area contributed by atoms with Crippen LogP contribution in [0.5, 0.6) is 11.5 Å². The summed E-state index contributed by atoms with van der Waals surface area (Å²) in [7, 11) is 3.36. The van der Waals surface area contributed by atoms with Crippen LogP contribution in [0.2, 0.25) is 0 Å². The summed E-state index contributed by atoms with van der Waals surface area (Å²) in [6.07, 6.45) is 1.17. The fourth-order valence-electron chi connectivity index (χ4n) is 3.09. The standard InChI is InChI=1S/C23H26N4O5/c1-4-31-23(29)24-13-14-32-20-10-6-9-18(21(20)19-11-12-25-27(19)2)26-22(28)16-7-5-8-17(15-16)30-3/h5-12,15H,4,13-14H2,1-3H3,(H,24,29)(H,26,28). The van der Waals surface area contributed by atoms with Gasteiger partial charge in [-0.05, 0) is 43.3 Å². The van der Waals surface area contributed by atoms with Crippen LogP contribution in [0.1, 0.15) is 17.3 Å². The molecule has 0 saturated heterocycles. The summed E-state index contributed by atoms with van der Waals surface area (Å²) in [5.41, 5.74) is 2.47. The number of ether oxygens (including phenoxy) is 3. The average Bonchev–Trinajstić information content (AvgIpc) is 3.22. The molecular formula is C23H26N4O5. The molecule has 0 aliphatic carbocycles. The van der Waals surface area contributed by atoms with E-state index in [0.717, 1.165) is 5.69 Å². The molecule has 1 aromatic heterocycles. The molecule has 3 rings (SSSR count). The molecule has 9 nitrogen and oxygen atoms in total. The fourth-order valence-corrected chi connectivity index (χ4v) is 3.09. The number of nitrogens with one attached hydrogen (secondary N) is 2. The highest BCUT2D eigenvalue weighted by atomic mass is 16.5. The Labute approximate surface area is 186 Å². The van der Waals surface area contributed by atoms with Crippen LogP contribution in [0.4, 0.5) is 10.5 Å². The Morgan fingerprint density at radius 3 is 2.66 bits per heavy atom. The first-order valence-electron chi connectivity index (χ1n) is 10.1. The molecule has 3 aromatic rings. The summed E-state index contributed by atoms with van der Waals surface area (Å²) in [6.45, 7) is 2.52. The minimum Gasteiger partial charge on any atom is -0.497 e. The lowest BCUT2D eigenvalue weighted by molar-refractivity contribution is 0.102. The van der Waals surface area contributed by atoms with Crippen LogP contribution in [0.3, 0.4) is 0 Å². The van der Waals surface area contributed by atoms with Crippen LogP contribution < -0.4 is 20.1 Å². The van der Waals surface area contributed by atoms with Crippen LogP contribution in [-0.2, 0) is 11.8 Å². The number of anilines is 1. The van der Waals surface area contributed by atoms with E-state index in [9.17, 15) is 9.59 Å². The Kier molecular flexibility index (Phi) is 7.69. The van der Waals surface area contributed by atoms with Gasteiger partial charge in [-0.15, -0.1) is 0 Å². The maximum absolute atomic E-state index is 12.9. The number of carbonyl (C=O) groups excluding carboxylic acids is 2. The molecule has 0 atom stereocenters. The van der Waals surface area contributed by atoms with E-state index in [4.69, 9.17) is 14.2 Å². The van der Waals surface area contributed by atoms with Gasteiger partial charge in [0.2, 0.25) is 0 Å². The van der Waals surface area contributed by atoms with E-state index in [1.54, 1.807) is 67.4 Å². The second-order valence-electron chi connectivity index (χ2n) is 6.70. The van der Waals surface area contributed by atoms with E-state index in [1.165, 1.54) is 0 Å². The Morgan fingerprint density at radius 2 is 1.94 bits per heavy atom. The van der Waals surface area contributed by atoms with Gasteiger partial charge >= 0.3 is 6.09 Å². The molecule has 2 amide bonds. The van der Waals surface area contributed by atoms with Gasteiger partial charge in [0.05, 0.1) is 37.2 Å². The number of benzene rings is 2. The molecule has 0 spiro atoms. The van der Waals surface area contributed by atoms with Crippen LogP contribution in [0.15, 0.2) is 54.7 Å². The molecule has 2 aromatic carbocycles. The molecule has 0 saturated carbocycles. The van der Waals surface area contributed by atoms with Gasteiger partial charge in [0.1, 0.15) is 18.1 Å². The molecule has 0 aliphatic rings. The molecule has 168 valence electrons. The number of rotatable bonds is 9. The second-order valence-corrected chi connectivity index (χ2v) is 6.70. The number of methoxy groups -OCH3 is 1. The number of alkyl carbamates (subject to hydrolysis) is 1. The monoisotopic (exact) mass is 438 g/mol. The minimum atomic E-state index is -0.498. The van der Waals surface area contributed by atoms with Gasteiger partial charge in [-0.25, -0.2) is 4.79 Å². The average molecular weight is 438 g/mol. The number of hydrogen-bond donors (Lipinski definition) is 2. The van der Waals surface area contributed by atoms with Gasteiger partial charge in [0.15, 0.2) is 0 Å². The molecular weight excluding hydrogens is 412 g/mol.